The maximum absolute atomic E-state index is 5.97. The van der Waals surface area contributed by atoms with Crippen LogP contribution < -0.4 is 11.5 Å². The van der Waals surface area contributed by atoms with E-state index >= 15 is 0 Å². The molecule has 92 valence electrons. The van der Waals surface area contributed by atoms with E-state index in [9.17, 15) is 0 Å². The van der Waals surface area contributed by atoms with Gasteiger partial charge in [0.15, 0.2) is 0 Å². The second kappa shape index (κ2) is 9.29. The summed E-state index contributed by atoms with van der Waals surface area (Å²) in [7, 11) is -1.62. The van der Waals surface area contributed by atoms with Crippen molar-refractivity contribution in [2.75, 3.05) is 19.8 Å². The van der Waals surface area contributed by atoms with Gasteiger partial charge in [0.2, 0.25) is 0 Å². The molecule has 2 unspecified atom stereocenters. The summed E-state index contributed by atoms with van der Waals surface area (Å²) < 4.78 is 11.4. The molecule has 0 saturated carbocycles. The summed E-state index contributed by atoms with van der Waals surface area (Å²) in [6, 6.07) is 0.131. The molecule has 0 aromatic rings. The third kappa shape index (κ3) is 6.27. The lowest BCUT2D eigenvalue weighted by Gasteiger charge is -2.27. The average Bonchev–Trinajstić information content (AvgIpc) is 2.18. The highest BCUT2D eigenvalue weighted by Gasteiger charge is 2.28. The summed E-state index contributed by atoms with van der Waals surface area (Å²) in [5.74, 6) is 0. The molecule has 0 rings (SSSR count). The van der Waals surface area contributed by atoms with Crippen molar-refractivity contribution in [3.05, 3.63) is 0 Å². The Kier molecular flexibility index (Phi) is 9.33. The van der Waals surface area contributed by atoms with Gasteiger partial charge >= 0.3 is 9.28 Å². The third-order valence-electron chi connectivity index (χ3n) is 2.43. The van der Waals surface area contributed by atoms with E-state index in [1.54, 1.807) is 0 Å². The zero-order valence-corrected chi connectivity index (χ0v) is 11.4. The standard InChI is InChI=1S/C10H26N2O2Si/c1-4-13-15(14-5-2)10(9(3)12)7-6-8-11/h9-10,15H,4-8,11-12H2,1-3H3. The van der Waals surface area contributed by atoms with Crippen molar-refractivity contribution >= 4 is 9.28 Å². The van der Waals surface area contributed by atoms with Crippen molar-refractivity contribution in [2.24, 2.45) is 11.5 Å². The summed E-state index contributed by atoms with van der Waals surface area (Å²) >= 11 is 0. The molecule has 0 fully saturated rings. The van der Waals surface area contributed by atoms with Crippen LogP contribution in [0.15, 0.2) is 0 Å². The second-order valence-electron chi connectivity index (χ2n) is 3.73. The summed E-state index contributed by atoms with van der Waals surface area (Å²) in [6.45, 7) is 8.16. The molecule has 0 spiro atoms. The first-order valence-electron chi connectivity index (χ1n) is 5.86. The van der Waals surface area contributed by atoms with Gasteiger partial charge in [-0.3, -0.25) is 0 Å². The Hall–Kier alpha value is 0.0569. The monoisotopic (exact) mass is 234 g/mol. The number of rotatable bonds is 9. The lowest BCUT2D eigenvalue weighted by molar-refractivity contribution is 0.198. The van der Waals surface area contributed by atoms with Crippen molar-refractivity contribution in [3.8, 4) is 0 Å². The molecule has 0 amide bonds. The fourth-order valence-corrected chi connectivity index (χ4v) is 3.88. The van der Waals surface area contributed by atoms with E-state index in [-0.39, 0.29) is 6.04 Å². The Morgan fingerprint density at radius 2 is 1.73 bits per heavy atom. The van der Waals surface area contributed by atoms with Crippen LogP contribution in [0.2, 0.25) is 5.54 Å². The first-order chi connectivity index (χ1) is 7.17. The molecule has 4 N–H and O–H groups in total. The Morgan fingerprint density at radius 1 is 1.20 bits per heavy atom. The van der Waals surface area contributed by atoms with Crippen LogP contribution in [0.1, 0.15) is 33.6 Å². The molecule has 0 saturated heterocycles. The fourth-order valence-electron chi connectivity index (χ4n) is 1.62. The van der Waals surface area contributed by atoms with Crippen LogP contribution in [0, 0.1) is 0 Å². The molecule has 0 aliphatic carbocycles. The Morgan fingerprint density at radius 3 is 2.07 bits per heavy atom. The Balaban J connectivity index is 4.23. The van der Waals surface area contributed by atoms with E-state index < -0.39 is 9.28 Å². The van der Waals surface area contributed by atoms with Crippen molar-refractivity contribution in [1.29, 1.82) is 0 Å². The predicted octanol–water partition coefficient (Wildman–Crippen LogP) is 0.736. The van der Waals surface area contributed by atoms with Gasteiger partial charge in [-0.25, -0.2) is 0 Å². The largest absolute Gasteiger partial charge is 0.397 e. The van der Waals surface area contributed by atoms with Crippen molar-refractivity contribution in [3.63, 3.8) is 0 Å². The van der Waals surface area contributed by atoms with Gasteiger partial charge in [0.05, 0.1) is 0 Å². The molecule has 0 heterocycles. The van der Waals surface area contributed by atoms with E-state index in [0.717, 1.165) is 12.8 Å². The summed E-state index contributed by atoms with van der Waals surface area (Å²) in [4.78, 5) is 0. The van der Waals surface area contributed by atoms with Gasteiger partial charge in [-0.1, -0.05) is 0 Å². The van der Waals surface area contributed by atoms with Crippen LogP contribution in [0.5, 0.6) is 0 Å². The van der Waals surface area contributed by atoms with Crippen LogP contribution in [-0.4, -0.2) is 35.1 Å². The second-order valence-corrected chi connectivity index (χ2v) is 5.99. The van der Waals surface area contributed by atoms with E-state index in [1.165, 1.54) is 0 Å². The Bertz CT molecular complexity index is 141. The van der Waals surface area contributed by atoms with Crippen LogP contribution in [0.4, 0.5) is 0 Å². The minimum absolute atomic E-state index is 0.131. The van der Waals surface area contributed by atoms with Crippen LogP contribution >= 0.6 is 0 Å². The summed E-state index contributed by atoms with van der Waals surface area (Å²) in [5.41, 5.74) is 11.9. The molecule has 0 aromatic heterocycles. The molecule has 0 aliphatic rings. The molecule has 2 atom stereocenters. The van der Waals surface area contributed by atoms with Crippen LogP contribution in [0.3, 0.4) is 0 Å². The first kappa shape index (κ1) is 15.1. The minimum atomic E-state index is -1.62. The lowest BCUT2D eigenvalue weighted by atomic mass is 10.1. The highest BCUT2D eigenvalue weighted by atomic mass is 28.3. The molecule has 0 bridgehead atoms. The first-order valence-corrected chi connectivity index (χ1v) is 7.47. The van der Waals surface area contributed by atoms with E-state index in [0.29, 0.717) is 25.3 Å². The van der Waals surface area contributed by atoms with Crippen molar-refractivity contribution in [2.45, 2.75) is 45.2 Å². The summed E-state index contributed by atoms with van der Waals surface area (Å²) in [5, 5.41) is 0. The highest BCUT2D eigenvalue weighted by Crippen LogP contribution is 2.22. The maximum atomic E-state index is 5.97. The van der Waals surface area contributed by atoms with Gasteiger partial charge in [0.1, 0.15) is 0 Å². The van der Waals surface area contributed by atoms with Gasteiger partial charge in [-0.05, 0) is 40.2 Å². The SMILES string of the molecule is CCO[SiH](OCC)C(CCCN)C(C)N. The van der Waals surface area contributed by atoms with Gasteiger partial charge < -0.3 is 20.3 Å². The minimum Gasteiger partial charge on any atom is -0.397 e. The maximum Gasteiger partial charge on any atom is 0.326 e. The number of hydrogen-bond donors (Lipinski definition) is 2. The van der Waals surface area contributed by atoms with Crippen molar-refractivity contribution in [1.82, 2.24) is 0 Å². The van der Waals surface area contributed by atoms with Crippen molar-refractivity contribution < 1.29 is 8.85 Å². The lowest BCUT2D eigenvalue weighted by Crippen LogP contribution is -2.39. The molecule has 0 aromatic carbocycles. The van der Waals surface area contributed by atoms with E-state index in [2.05, 4.69) is 0 Å². The molecule has 15 heavy (non-hydrogen) atoms. The van der Waals surface area contributed by atoms with E-state index in [1.807, 2.05) is 20.8 Å². The number of hydrogen-bond acceptors (Lipinski definition) is 4. The molecular formula is C10H26N2O2Si. The van der Waals surface area contributed by atoms with Gasteiger partial charge in [0, 0.05) is 24.8 Å². The number of nitrogens with two attached hydrogens (primary N) is 2. The molecule has 0 aliphatic heterocycles. The smallest absolute Gasteiger partial charge is 0.326 e. The van der Waals surface area contributed by atoms with E-state index in [4.69, 9.17) is 20.3 Å². The predicted molar refractivity (Wildman–Crippen MR) is 66.1 cm³/mol. The zero-order chi connectivity index (χ0) is 11.7. The molecule has 5 heteroatoms. The molecule has 0 radical (unpaired) electrons. The van der Waals surface area contributed by atoms with Gasteiger partial charge in [0.25, 0.3) is 0 Å². The quantitative estimate of drug-likeness (QED) is 0.577. The molecule has 4 nitrogen and oxygen atoms in total. The van der Waals surface area contributed by atoms with Crippen LogP contribution in [0.25, 0.3) is 0 Å². The highest BCUT2D eigenvalue weighted by molar-refractivity contribution is 6.46. The van der Waals surface area contributed by atoms with Gasteiger partial charge in [-0.2, -0.15) is 0 Å². The average molecular weight is 234 g/mol. The Labute approximate surface area is 95.2 Å². The fraction of sp³-hybridized carbons (Fsp3) is 1.00. The third-order valence-corrected chi connectivity index (χ3v) is 5.39. The zero-order valence-electron chi connectivity index (χ0n) is 10.2. The van der Waals surface area contributed by atoms with Crippen LogP contribution in [-0.2, 0) is 8.85 Å². The normalized spacial score (nSPS) is 15.6. The molecular weight excluding hydrogens is 208 g/mol. The van der Waals surface area contributed by atoms with Gasteiger partial charge in [-0.15, -0.1) is 0 Å². The topological polar surface area (TPSA) is 70.5 Å². The summed E-state index contributed by atoms with van der Waals surface area (Å²) in [6.07, 6.45) is 2.01.